The van der Waals surface area contributed by atoms with Crippen molar-refractivity contribution in [1.82, 2.24) is 5.32 Å². The van der Waals surface area contributed by atoms with E-state index in [1.54, 1.807) is 6.08 Å². The quantitative estimate of drug-likeness (QED) is 0.336. The van der Waals surface area contributed by atoms with Crippen molar-refractivity contribution in [1.29, 1.82) is 0 Å². The Labute approximate surface area is 206 Å². The summed E-state index contributed by atoms with van der Waals surface area (Å²) in [4.78, 5) is 24.7. The molecule has 0 spiro atoms. The van der Waals surface area contributed by atoms with E-state index in [9.17, 15) is 19.8 Å². The molecule has 3 N–H and O–H groups in total. The Morgan fingerprint density at radius 2 is 1.91 bits per heavy atom. The smallest absolute Gasteiger partial charge is 0.207 e. The van der Waals surface area contributed by atoms with Crippen LogP contribution in [0.25, 0.3) is 0 Å². The summed E-state index contributed by atoms with van der Waals surface area (Å²) in [6, 6.07) is 9.78. The number of fused-ring (bicyclic) bond motifs is 5. The number of aliphatic hydroxyl groups excluding tert-OH is 1. The molecule has 2 aliphatic carbocycles. The third-order valence-electron chi connectivity index (χ3n) is 9.20. The second-order valence-electron chi connectivity index (χ2n) is 11.5. The van der Waals surface area contributed by atoms with Gasteiger partial charge in [-0.2, -0.15) is 0 Å². The highest BCUT2D eigenvalue weighted by atomic mass is 16.6. The SMILES string of the molecule is CC1CC2OC2C2C(C(O)/C=C/C(C)(O)C1=O)C(C(Cc1ccccc1)NC=O)C(C)C1(C)OC21. The minimum atomic E-state index is -1.67. The molecule has 0 radical (unpaired) electrons. The van der Waals surface area contributed by atoms with Crippen LogP contribution in [-0.2, 0) is 25.5 Å². The summed E-state index contributed by atoms with van der Waals surface area (Å²) in [5.41, 5.74) is -0.933. The fourth-order valence-corrected chi connectivity index (χ4v) is 7.10. The lowest BCUT2D eigenvalue weighted by molar-refractivity contribution is -0.135. The highest BCUT2D eigenvalue weighted by Crippen LogP contribution is 2.63. The highest BCUT2D eigenvalue weighted by Gasteiger charge is 2.72. The molecule has 1 amide bonds. The largest absolute Gasteiger partial charge is 0.389 e. The molecule has 7 heteroatoms. The lowest BCUT2D eigenvalue weighted by Crippen LogP contribution is -2.57. The molecule has 1 saturated carbocycles. The van der Waals surface area contributed by atoms with Gasteiger partial charge in [0.2, 0.25) is 6.41 Å². The Morgan fingerprint density at radius 3 is 2.60 bits per heavy atom. The Balaban J connectivity index is 1.56. The number of carbonyl (C=O) groups is 2. The highest BCUT2D eigenvalue weighted by molar-refractivity contribution is 5.90. The molecule has 190 valence electrons. The van der Waals surface area contributed by atoms with Gasteiger partial charge in [0, 0.05) is 23.8 Å². The fourth-order valence-electron chi connectivity index (χ4n) is 7.10. The minimum absolute atomic E-state index is 0.0568. The second kappa shape index (κ2) is 8.80. The normalized spacial score (nSPS) is 48.3. The second-order valence-corrected chi connectivity index (χ2v) is 11.5. The van der Waals surface area contributed by atoms with Crippen molar-refractivity contribution in [3.63, 3.8) is 0 Å². The Hall–Kier alpha value is -2.06. The van der Waals surface area contributed by atoms with Crippen molar-refractivity contribution in [3.05, 3.63) is 48.0 Å². The minimum Gasteiger partial charge on any atom is -0.389 e. The topological polar surface area (TPSA) is 112 Å². The molecule has 2 heterocycles. The number of carbonyl (C=O) groups excluding carboxylic acids is 2. The predicted molar refractivity (Wildman–Crippen MR) is 129 cm³/mol. The van der Waals surface area contributed by atoms with E-state index in [2.05, 4.69) is 19.2 Å². The summed E-state index contributed by atoms with van der Waals surface area (Å²) in [7, 11) is 0. The van der Waals surface area contributed by atoms with E-state index < -0.39 is 11.7 Å². The van der Waals surface area contributed by atoms with Crippen LogP contribution in [0.3, 0.4) is 0 Å². The Morgan fingerprint density at radius 1 is 1.20 bits per heavy atom. The maximum Gasteiger partial charge on any atom is 0.207 e. The first kappa shape index (κ1) is 24.6. The number of hydrogen-bond donors (Lipinski definition) is 3. The zero-order valence-corrected chi connectivity index (χ0v) is 20.8. The summed E-state index contributed by atoms with van der Waals surface area (Å²) in [6.45, 7) is 7.56. The Bertz CT molecular complexity index is 994. The van der Waals surface area contributed by atoms with E-state index in [1.165, 1.54) is 13.0 Å². The molecule has 2 saturated heterocycles. The molecule has 4 aliphatic rings. The number of benzene rings is 1. The van der Waals surface area contributed by atoms with E-state index in [0.29, 0.717) is 12.8 Å². The van der Waals surface area contributed by atoms with Gasteiger partial charge in [-0.25, -0.2) is 0 Å². The zero-order chi connectivity index (χ0) is 25.1. The Kier molecular flexibility index (Phi) is 6.19. The van der Waals surface area contributed by atoms with Gasteiger partial charge >= 0.3 is 0 Å². The monoisotopic (exact) mass is 483 g/mol. The number of ketones is 1. The molecule has 35 heavy (non-hydrogen) atoms. The van der Waals surface area contributed by atoms with Crippen LogP contribution in [-0.4, -0.2) is 64.1 Å². The van der Waals surface area contributed by atoms with E-state index in [0.717, 1.165) is 12.0 Å². The molecular weight excluding hydrogens is 446 g/mol. The lowest BCUT2D eigenvalue weighted by atomic mass is 9.57. The van der Waals surface area contributed by atoms with E-state index in [4.69, 9.17) is 9.47 Å². The molecule has 1 aromatic rings. The number of hydrogen-bond acceptors (Lipinski definition) is 6. The fraction of sp³-hybridized carbons (Fsp3) is 0.643. The van der Waals surface area contributed by atoms with Crippen LogP contribution in [0.4, 0.5) is 0 Å². The number of nitrogens with one attached hydrogen (secondary N) is 1. The summed E-state index contributed by atoms with van der Waals surface area (Å²) in [5.74, 6) is -1.06. The van der Waals surface area contributed by atoms with E-state index in [1.807, 2.05) is 37.3 Å². The van der Waals surface area contributed by atoms with Crippen molar-refractivity contribution in [2.45, 2.75) is 82.2 Å². The van der Waals surface area contributed by atoms with Crippen molar-refractivity contribution in [2.24, 2.45) is 29.6 Å². The predicted octanol–water partition coefficient (Wildman–Crippen LogP) is 2.04. The number of amides is 1. The number of epoxide rings is 2. The third-order valence-corrected chi connectivity index (χ3v) is 9.20. The average Bonchev–Trinajstić information content (AvgIpc) is 3.73. The van der Waals surface area contributed by atoms with Crippen LogP contribution in [0.1, 0.15) is 39.7 Å². The van der Waals surface area contributed by atoms with Gasteiger partial charge in [0.1, 0.15) is 5.60 Å². The van der Waals surface area contributed by atoms with Crippen LogP contribution in [0.15, 0.2) is 42.5 Å². The summed E-state index contributed by atoms with van der Waals surface area (Å²) in [5, 5.41) is 25.5. The third kappa shape index (κ3) is 4.26. The van der Waals surface area contributed by atoms with Crippen molar-refractivity contribution in [3.8, 4) is 0 Å². The molecule has 7 nitrogen and oxygen atoms in total. The van der Waals surface area contributed by atoms with Gasteiger partial charge in [-0.05, 0) is 50.2 Å². The van der Waals surface area contributed by atoms with Gasteiger partial charge in [-0.15, -0.1) is 0 Å². The summed E-state index contributed by atoms with van der Waals surface area (Å²) < 4.78 is 12.5. The summed E-state index contributed by atoms with van der Waals surface area (Å²) in [6.07, 6.45) is 3.65. The number of Topliss-reactive ketones (excluding diaryl/α,β-unsaturated/α-hetero) is 1. The molecule has 12 atom stereocenters. The van der Waals surface area contributed by atoms with Gasteiger partial charge in [0.15, 0.2) is 5.78 Å². The summed E-state index contributed by atoms with van der Waals surface area (Å²) >= 11 is 0. The van der Waals surface area contributed by atoms with Crippen LogP contribution < -0.4 is 5.32 Å². The van der Waals surface area contributed by atoms with E-state index in [-0.39, 0.29) is 65.3 Å². The number of rotatable bonds is 5. The molecule has 0 aromatic heterocycles. The van der Waals surface area contributed by atoms with Crippen LogP contribution in [0.2, 0.25) is 0 Å². The first-order valence-corrected chi connectivity index (χ1v) is 12.8. The van der Waals surface area contributed by atoms with Gasteiger partial charge in [0.05, 0.1) is 30.0 Å². The van der Waals surface area contributed by atoms with Crippen LogP contribution in [0.5, 0.6) is 0 Å². The molecule has 5 rings (SSSR count). The van der Waals surface area contributed by atoms with Crippen molar-refractivity contribution in [2.75, 3.05) is 0 Å². The average molecular weight is 484 g/mol. The van der Waals surface area contributed by atoms with Crippen molar-refractivity contribution < 1.29 is 29.3 Å². The van der Waals surface area contributed by atoms with Gasteiger partial charge in [0.25, 0.3) is 0 Å². The first-order chi connectivity index (χ1) is 16.6. The van der Waals surface area contributed by atoms with Crippen LogP contribution in [0, 0.1) is 29.6 Å². The molecule has 12 unspecified atom stereocenters. The standard InChI is InChI=1S/C28H37NO6/c1-15-12-20-24(34-20)23-22(19(31)10-11-27(3,33)25(15)32)21(16(2)28(4)26(23)35-28)18(29-14-30)13-17-8-6-5-7-9-17/h5-11,14-16,18-24,26,31,33H,12-13H2,1-4H3,(H,29,30)/b11-10+. The van der Waals surface area contributed by atoms with Crippen molar-refractivity contribution >= 4 is 12.2 Å². The van der Waals surface area contributed by atoms with Gasteiger partial charge in [-0.1, -0.05) is 50.3 Å². The molecule has 2 aliphatic heterocycles. The maximum absolute atomic E-state index is 12.9. The van der Waals surface area contributed by atoms with Gasteiger partial charge in [-0.3, -0.25) is 9.59 Å². The molecule has 0 bridgehead atoms. The number of aliphatic hydroxyl groups is 2. The first-order valence-electron chi connectivity index (χ1n) is 12.8. The van der Waals surface area contributed by atoms with Crippen LogP contribution >= 0.6 is 0 Å². The van der Waals surface area contributed by atoms with E-state index >= 15 is 0 Å². The van der Waals surface area contributed by atoms with Gasteiger partial charge < -0.3 is 25.0 Å². The zero-order valence-electron chi connectivity index (χ0n) is 20.8. The molecular formula is C28H37NO6. The maximum atomic E-state index is 12.9. The molecule has 3 fully saturated rings. The molecule has 1 aromatic carbocycles. The lowest BCUT2D eigenvalue weighted by Gasteiger charge is -2.47. The number of ether oxygens (including phenoxy) is 2.